The number of nitrogens with zero attached hydrogens (tertiary/aromatic N) is 6. The molecule has 0 spiro atoms. The number of benzene rings is 1. The minimum Gasteiger partial charge on any atom is -0.477 e. The van der Waals surface area contributed by atoms with Crippen molar-refractivity contribution in [3.63, 3.8) is 0 Å². The van der Waals surface area contributed by atoms with Gasteiger partial charge in [-0.2, -0.15) is 9.97 Å². The van der Waals surface area contributed by atoms with Gasteiger partial charge in [0.1, 0.15) is 12.4 Å². The molecule has 3 aromatic rings. The number of nitrogens with one attached hydrogen (secondary N) is 1. The van der Waals surface area contributed by atoms with Crippen molar-refractivity contribution < 1.29 is 32.6 Å². The number of methoxy groups -OCH3 is 1. The fourth-order valence-electron chi connectivity index (χ4n) is 4.66. The highest BCUT2D eigenvalue weighted by Crippen LogP contribution is 2.30. The van der Waals surface area contributed by atoms with E-state index in [4.69, 9.17) is 9.47 Å². The molecule has 0 bridgehead atoms. The summed E-state index contributed by atoms with van der Waals surface area (Å²) in [6, 6.07) is 8.41. The summed E-state index contributed by atoms with van der Waals surface area (Å²) in [6.07, 6.45) is -2.78. The Labute approximate surface area is 222 Å². The number of ether oxygens (including phenoxy) is 3. The van der Waals surface area contributed by atoms with Crippen LogP contribution in [0.3, 0.4) is 0 Å². The molecule has 1 aromatic carbocycles. The fourth-order valence-corrected chi connectivity index (χ4v) is 4.66. The van der Waals surface area contributed by atoms with E-state index < -0.39 is 18.3 Å². The number of alkyl carbamates (subject to hydrolysis) is 1. The van der Waals surface area contributed by atoms with Gasteiger partial charge in [0.25, 0.3) is 6.43 Å². The van der Waals surface area contributed by atoms with E-state index >= 15 is 0 Å². The topological polar surface area (TPSA) is 124 Å². The van der Waals surface area contributed by atoms with Gasteiger partial charge < -0.3 is 29.3 Å². The van der Waals surface area contributed by atoms with Crippen molar-refractivity contribution in [1.82, 2.24) is 29.7 Å². The van der Waals surface area contributed by atoms with Gasteiger partial charge in [0.05, 0.1) is 38.0 Å². The third kappa shape index (κ3) is 6.00. The van der Waals surface area contributed by atoms with Crippen molar-refractivity contribution in [2.75, 3.05) is 64.6 Å². The Morgan fingerprint density at radius 3 is 2.72 bits per heavy atom. The molecule has 2 saturated heterocycles. The molecule has 2 amide bonds. The van der Waals surface area contributed by atoms with Crippen molar-refractivity contribution >= 4 is 29.0 Å². The predicted octanol–water partition coefficient (Wildman–Crippen LogP) is 2.17. The number of imidazole rings is 1. The summed E-state index contributed by atoms with van der Waals surface area (Å²) in [4.78, 5) is 40.5. The molecule has 5 rings (SSSR count). The molecule has 14 heteroatoms. The molecule has 2 fully saturated rings. The van der Waals surface area contributed by atoms with Crippen LogP contribution in [0.1, 0.15) is 18.7 Å². The summed E-state index contributed by atoms with van der Waals surface area (Å²) in [5.41, 5.74) is 0.926. The number of para-hydroxylation sites is 2. The molecule has 1 atom stereocenters. The number of hydrogen-bond donors (Lipinski definition) is 1. The fraction of sp³-hybridized carbons (Fsp3) is 0.480. The van der Waals surface area contributed by atoms with E-state index in [0.717, 1.165) is 0 Å². The zero-order chi connectivity index (χ0) is 27.4. The monoisotopic (exact) mass is 545 g/mol. The molecular formula is C25H29F2N7O5. The molecule has 39 heavy (non-hydrogen) atoms. The molecule has 1 N–H and O–H groups in total. The smallest absolute Gasteiger partial charge is 0.407 e. The first kappa shape index (κ1) is 26.5. The molecular weight excluding hydrogens is 516 g/mol. The summed E-state index contributed by atoms with van der Waals surface area (Å²) < 4.78 is 45.4. The van der Waals surface area contributed by atoms with Gasteiger partial charge in [-0.25, -0.2) is 18.6 Å². The van der Waals surface area contributed by atoms with Gasteiger partial charge in [0, 0.05) is 38.2 Å². The number of hydrogen-bond acceptors (Lipinski definition) is 9. The van der Waals surface area contributed by atoms with E-state index in [1.807, 2.05) is 4.90 Å². The SMILES string of the molecule is COC(=O)NCC(=O)N1CC[C@H](COc2cc(-n3c(C(F)F)nc4ccccc43)nc(N3CCOCC3)n2)C1. The van der Waals surface area contributed by atoms with Crippen LogP contribution in [0.15, 0.2) is 30.3 Å². The first-order valence-corrected chi connectivity index (χ1v) is 12.6. The second-order valence-corrected chi connectivity index (χ2v) is 9.21. The highest BCUT2D eigenvalue weighted by molar-refractivity contribution is 5.82. The summed E-state index contributed by atoms with van der Waals surface area (Å²) >= 11 is 0. The van der Waals surface area contributed by atoms with Gasteiger partial charge in [-0.05, 0) is 18.6 Å². The van der Waals surface area contributed by atoms with Gasteiger partial charge in [0.15, 0.2) is 5.82 Å². The molecule has 208 valence electrons. The maximum absolute atomic E-state index is 14.0. The van der Waals surface area contributed by atoms with E-state index in [0.29, 0.717) is 62.8 Å². The number of likely N-dealkylation sites (tertiary alicyclic amines) is 1. The Bertz CT molecular complexity index is 1330. The van der Waals surface area contributed by atoms with Crippen LogP contribution in [-0.2, 0) is 14.3 Å². The normalized spacial score (nSPS) is 17.6. The molecule has 0 radical (unpaired) electrons. The van der Waals surface area contributed by atoms with E-state index in [1.54, 1.807) is 29.2 Å². The lowest BCUT2D eigenvalue weighted by Gasteiger charge is -2.27. The second-order valence-electron chi connectivity index (χ2n) is 9.21. The number of morpholine rings is 1. The number of anilines is 1. The maximum Gasteiger partial charge on any atom is 0.407 e. The summed E-state index contributed by atoms with van der Waals surface area (Å²) in [5.74, 6) is 0.204. The largest absolute Gasteiger partial charge is 0.477 e. The maximum atomic E-state index is 14.0. The van der Waals surface area contributed by atoms with E-state index in [-0.39, 0.29) is 36.7 Å². The number of carbonyl (C=O) groups is 2. The van der Waals surface area contributed by atoms with Crippen molar-refractivity contribution in [2.24, 2.45) is 5.92 Å². The molecule has 0 saturated carbocycles. The summed E-state index contributed by atoms with van der Waals surface area (Å²) in [5, 5.41) is 2.39. The van der Waals surface area contributed by atoms with E-state index in [9.17, 15) is 18.4 Å². The average molecular weight is 546 g/mol. The highest BCUT2D eigenvalue weighted by Gasteiger charge is 2.28. The number of aromatic nitrogens is 4. The Hall–Kier alpha value is -4.07. The predicted molar refractivity (Wildman–Crippen MR) is 135 cm³/mol. The van der Waals surface area contributed by atoms with Crippen LogP contribution in [0.5, 0.6) is 5.88 Å². The minimum absolute atomic E-state index is 0.0306. The third-order valence-electron chi connectivity index (χ3n) is 6.66. The third-order valence-corrected chi connectivity index (χ3v) is 6.66. The zero-order valence-corrected chi connectivity index (χ0v) is 21.4. The standard InChI is InChI=1S/C25H29F2N7O5/c1-37-25(36)28-13-21(35)33-7-6-16(14-33)15-39-20-12-19(30-24(31-20)32-8-10-38-11-9-32)34-18-5-3-2-4-17(18)29-23(34)22(26)27/h2-5,12,16,22H,6-11,13-15H2,1H3,(H,28,36)/t16-/m0/s1. The molecule has 0 unspecified atom stereocenters. The zero-order valence-electron chi connectivity index (χ0n) is 21.4. The van der Waals surface area contributed by atoms with Crippen LogP contribution in [0.4, 0.5) is 19.5 Å². The quantitative estimate of drug-likeness (QED) is 0.454. The van der Waals surface area contributed by atoms with Gasteiger partial charge >= 0.3 is 6.09 Å². The number of amides is 2. The van der Waals surface area contributed by atoms with Crippen LogP contribution in [0, 0.1) is 5.92 Å². The lowest BCUT2D eigenvalue weighted by molar-refractivity contribution is -0.129. The van der Waals surface area contributed by atoms with Crippen LogP contribution in [0.2, 0.25) is 0 Å². The van der Waals surface area contributed by atoms with Gasteiger partial charge in [-0.15, -0.1) is 0 Å². The van der Waals surface area contributed by atoms with Crippen LogP contribution in [0.25, 0.3) is 16.9 Å². The van der Waals surface area contributed by atoms with Crippen molar-refractivity contribution in [3.05, 3.63) is 36.2 Å². The lowest BCUT2D eigenvalue weighted by atomic mass is 10.1. The van der Waals surface area contributed by atoms with Gasteiger partial charge in [0.2, 0.25) is 17.7 Å². The Morgan fingerprint density at radius 2 is 1.95 bits per heavy atom. The number of alkyl halides is 2. The van der Waals surface area contributed by atoms with Crippen LogP contribution in [-0.4, -0.2) is 96.1 Å². The van der Waals surface area contributed by atoms with Crippen molar-refractivity contribution in [2.45, 2.75) is 12.8 Å². The molecule has 0 aliphatic carbocycles. The van der Waals surface area contributed by atoms with Crippen molar-refractivity contribution in [1.29, 1.82) is 0 Å². The Morgan fingerprint density at radius 1 is 1.15 bits per heavy atom. The average Bonchev–Trinajstić information content (AvgIpc) is 3.60. The lowest BCUT2D eigenvalue weighted by Crippen LogP contribution is -2.39. The minimum atomic E-state index is -2.82. The van der Waals surface area contributed by atoms with Crippen LogP contribution < -0.4 is 15.0 Å². The van der Waals surface area contributed by atoms with Crippen molar-refractivity contribution in [3.8, 4) is 11.7 Å². The second kappa shape index (κ2) is 11.8. The summed E-state index contributed by atoms with van der Waals surface area (Å²) in [7, 11) is 1.23. The molecule has 12 nitrogen and oxygen atoms in total. The van der Waals surface area contributed by atoms with E-state index in [1.165, 1.54) is 17.7 Å². The highest BCUT2D eigenvalue weighted by atomic mass is 19.3. The van der Waals surface area contributed by atoms with Crippen LogP contribution >= 0.6 is 0 Å². The Kier molecular flexibility index (Phi) is 8.00. The van der Waals surface area contributed by atoms with Gasteiger partial charge in [-0.1, -0.05) is 12.1 Å². The first-order chi connectivity index (χ1) is 18.9. The first-order valence-electron chi connectivity index (χ1n) is 12.6. The van der Waals surface area contributed by atoms with Gasteiger partial charge in [-0.3, -0.25) is 9.36 Å². The molecule has 2 aliphatic rings. The number of halogens is 2. The number of carbonyl (C=O) groups excluding carboxylic acids is 2. The number of fused-ring (bicyclic) bond motifs is 1. The number of rotatable bonds is 8. The van der Waals surface area contributed by atoms with E-state index in [2.05, 4.69) is 25.0 Å². The summed E-state index contributed by atoms with van der Waals surface area (Å²) in [6.45, 7) is 3.19. The Balaban J connectivity index is 1.37. The molecule has 4 heterocycles. The molecule has 2 aliphatic heterocycles. The molecule has 2 aromatic heterocycles.